The first-order valence-electron chi connectivity index (χ1n) is 7.50. The molecule has 1 aliphatic heterocycles. The van der Waals surface area contributed by atoms with Crippen LogP contribution in [-0.2, 0) is 5.54 Å². The number of benzene rings is 1. The van der Waals surface area contributed by atoms with Gasteiger partial charge in [-0.3, -0.25) is 4.90 Å². The Morgan fingerprint density at radius 2 is 1.70 bits per heavy atom. The van der Waals surface area contributed by atoms with E-state index < -0.39 is 0 Å². The lowest BCUT2D eigenvalue weighted by Gasteiger charge is -2.48. The van der Waals surface area contributed by atoms with Crippen LogP contribution in [0.1, 0.15) is 31.2 Å². The number of hydrogen-bond acceptors (Lipinski definition) is 3. The lowest BCUT2D eigenvalue weighted by molar-refractivity contribution is 0.0651. The lowest BCUT2D eigenvalue weighted by atomic mass is 9.69. The molecule has 0 bridgehead atoms. The van der Waals surface area contributed by atoms with Crippen LogP contribution in [0.2, 0.25) is 0 Å². The number of rotatable bonds is 2. The number of hydrogen-bond donors (Lipinski definition) is 2. The van der Waals surface area contributed by atoms with Gasteiger partial charge in [0.25, 0.3) is 0 Å². The SMILES string of the molecule is C=C1NCC2(CCC(c3ccccc3)(N(C)C)CC2)N1. The van der Waals surface area contributed by atoms with Gasteiger partial charge in [0.15, 0.2) is 0 Å². The van der Waals surface area contributed by atoms with Crippen LogP contribution >= 0.6 is 0 Å². The quantitative estimate of drug-likeness (QED) is 0.865. The Kier molecular flexibility index (Phi) is 3.25. The predicted octanol–water partition coefficient (Wildman–Crippen LogP) is 2.42. The summed E-state index contributed by atoms with van der Waals surface area (Å²) in [7, 11) is 4.43. The zero-order chi connectivity index (χ0) is 14.2. The third kappa shape index (κ3) is 2.10. The predicted molar refractivity (Wildman–Crippen MR) is 83.3 cm³/mol. The van der Waals surface area contributed by atoms with Crippen LogP contribution in [0, 0.1) is 0 Å². The minimum atomic E-state index is 0.179. The molecule has 0 amide bonds. The van der Waals surface area contributed by atoms with Crippen LogP contribution in [0.4, 0.5) is 0 Å². The zero-order valence-corrected chi connectivity index (χ0v) is 12.6. The summed E-state index contributed by atoms with van der Waals surface area (Å²) >= 11 is 0. The fraction of sp³-hybridized carbons (Fsp3) is 0.529. The molecular weight excluding hydrogens is 246 g/mol. The highest BCUT2D eigenvalue weighted by Crippen LogP contribution is 2.45. The lowest BCUT2D eigenvalue weighted by Crippen LogP contribution is -2.53. The van der Waals surface area contributed by atoms with Gasteiger partial charge in [0.2, 0.25) is 0 Å². The van der Waals surface area contributed by atoms with Gasteiger partial charge >= 0.3 is 0 Å². The molecule has 108 valence electrons. The first-order valence-corrected chi connectivity index (χ1v) is 7.50. The Hall–Kier alpha value is -1.48. The van der Waals surface area contributed by atoms with Crippen molar-refractivity contribution in [2.24, 2.45) is 0 Å². The highest BCUT2D eigenvalue weighted by atomic mass is 15.2. The van der Waals surface area contributed by atoms with Crippen LogP contribution in [0.5, 0.6) is 0 Å². The van der Waals surface area contributed by atoms with Gasteiger partial charge in [0.05, 0.1) is 11.4 Å². The molecule has 3 heteroatoms. The third-order valence-electron chi connectivity index (χ3n) is 5.26. The van der Waals surface area contributed by atoms with E-state index in [2.05, 4.69) is 66.5 Å². The Morgan fingerprint density at radius 1 is 1.05 bits per heavy atom. The molecule has 0 radical (unpaired) electrons. The molecule has 3 rings (SSSR count). The van der Waals surface area contributed by atoms with E-state index in [0.717, 1.165) is 12.4 Å². The first-order chi connectivity index (χ1) is 9.56. The van der Waals surface area contributed by atoms with Crippen molar-refractivity contribution in [3.8, 4) is 0 Å². The Balaban J connectivity index is 1.84. The molecule has 1 aromatic rings. The van der Waals surface area contributed by atoms with E-state index in [0.29, 0.717) is 0 Å². The normalized spacial score (nSPS) is 33.2. The summed E-state index contributed by atoms with van der Waals surface area (Å²) in [6.45, 7) is 5.02. The second-order valence-electron chi connectivity index (χ2n) is 6.53. The van der Waals surface area contributed by atoms with Crippen molar-refractivity contribution in [2.75, 3.05) is 20.6 Å². The van der Waals surface area contributed by atoms with Crippen LogP contribution in [0.25, 0.3) is 0 Å². The highest BCUT2D eigenvalue weighted by Gasteiger charge is 2.46. The second kappa shape index (κ2) is 4.81. The Morgan fingerprint density at radius 3 is 2.20 bits per heavy atom. The Bertz CT molecular complexity index is 484. The van der Waals surface area contributed by atoms with Crippen LogP contribution in [0.3, 0.4) is 0 Å². The monoisotopic (exact) mass is 271 g/mol. The summed E-state index contributed by atoms with van der Waals surface area (Å²) in [4.78, 5) is 2.41. The largest absolute Gasteiger partial charge is 0.370 e. The fourth-order valence-corrected chi connectivity index (χ4v) is 3.87. The van der Waals surface area contributed by atoms with E-state index in [1.807, 2.05) is 0 Å². The average molecular weight is 271 g/mol. The zero-order valence-electron chi connectivity index (χ0n) is 12.6. The molecule has 1 spiro atoms. The molecule has 1 saturated heterocycles. The van der Waals surface area contributed by atoms with Gasteiger partial charge in [-0.1, -0.05) is 36.9 Å². The molecular formula is C17H25N3. The van der Waals surface area contributed by atoms with Crippen LogP contribution < -0.4 is 10.6 Å². The standard InChI is InChI=1S/C17H25N3/c1-14-18-13-16(19-14)9-11-17(12-10-16,20(2)3)15-7-5-4-6-8-15/h4-8,18-19H,1,9-13H2,2-3H3. The molecule has 1 heterocycles. The molecule has 2 aliphatic rings. The van der Waals surface area contributed by atoms with Crippen molar-refractivity contribution < 1.29 is 0 Å². The summed E-state index contributed by atoms with van der Waals surface area (Å²) in [5.74, 6) is 0.988. The van der Waals surface area contributed by atoms with Crippen molar-refractivity contribution in [1.29, 1.82) is 0 Å². The van der Waals surface area contributed by atoms with E-state index in [-0.39, 0.29) is 11.1 Å². The maximum atomic E-state index is 4.00. The third-order valence-corrected chi connectivity index (χ3v) is 5.26. The van der Waals surface area contributed by atoms with Crippen LogP contribution in [0.15, 0.2) is 42.7 Å². The van der Waals surface area contributed by atoms with Gasteiger partial charge in [-0.25, -0.2) is 0 Å². The van der Waals surface area contributed by atoms with Gasteiger partial charge in [0, 0.05) is 12.1 Å². The topological polar surface area (TPSA) is 27.3 Å². The van der Waals surface area contributed by atoms with E-state index in [1.54, 1.807) is 0 Å². The van der Waals surface area contributed by atoms with E-state index in [9.17, 15) is 0 Å². The summed E-state index contributed by atoms with van der Waals surface area (Å²) in [5.41, 5.74) is 1.85. The minimum absolute atomic E-state index is 0.179. The molecule has 3 nitrogen and oxygen atoms in total. The van der Waals surface area contributed by atoms with Crippen molar-refractivity contribution in [1.82, 2.24) is 15.5 Å². The number of nitrogens with one attached hydrogen (secondary N) is 2. The number of nitrogens with zero attached hydrogens (tertiary/aromatic N) is 1. The van der Waals surface area contributed by atoms with Gasteiger partial charge in [-0.15, -0.1) is 0 Å². The van der Waals surface area contributed by atoms with Gasteiger partial charge < -0.3 is 10.6 Å². The maximum absolute atomic E-state index is 4.00. The molecule has 2 fully saturated rings. The summed E-state index contributed by atoms with van der Waals surface area (Å²) in [5, 5.41) is 6.93. The van der Waals surface area contributed by atoms with Crippen molar-refractivity contribution >= 4 is 0 Å². The molecule has 20 heavy (non-hydrogen) atoms. The molecule has 0 unspecified atom stereocenters. The second-order valence-corrected chi connectivity index (χ2v) is 6.53. The summed E-state index contributed by atoms with van der Waals surface area (Å²) in [6.07, 6.45) is 4.75. The first kappa shape index (κ1) is 13.5. The summed E-state index contributed by atoms with van der Waals surface area (Å²) in [6, 6.07) is 11.0. The van der Waals surface area contributed by atoms with E-state index in [4.69, 9.17) is 0 Å². The van der Waals surface area contributed by atoms with Crippen LogP contribution in [-0.4, -0.2) is 31.1 Å². The molecule has 1 aromatic carbocycles. The van der Waals surface area contributed by atoms with Crippen molar-refractivity contribution in [2.45, 2.75) is 36.8 Å². The highest BCUT2D eigenvalue weighted by molar-refractivity contribution is 5.27. The van der Waals surface area contributed by atoms with Gasteiger partial charge in [-0.05, 0) is 45.3 Å². The van der Waals surface area contributed by atoms with E-state index >= 15 is 0 Å². The fourth-order valence-electron chi connectivity index (χ4n) is 3.87. The molecule has 0 aromatic heterocycles. The smallest absolute Gasteiger partial charge is 0.0918 e. The molecule has 1 aliphatic carbocycles. The molecule has 1 saturated carbocycles. The molecule has 2 N–H and O–H groups in total. The average Bonchev–Trinajstić information content (AvgIpc) is 2.82. The van der Waals surface area contributed by atoms with E-state index in [1.165, 1.54) is 31.2 Å². The maximum Gasteiger partial charge on any atom is 0.0918 e. The van der Waals surface area contributed by atoms with Crippen molar-refractivity contribution in [3.63, 3.8) is 0 Å². The van der Waals surface area contributed by atoms with Crippen molar-refractivity contribution in [3.05, 3.63) is 48.3 Å². The minimum Gasteiger partial charge on any atom is -0.370 e. The molecule has 0 atom stereocenters. The van der Waals surface area contributed by atoms with Gasteiger partial charge in [0.1, 0.15) is 0 Å². The Labute approximate surface area is 122 Å². The van der Waals surface area contributed by atoms with Gasteiger partial charge in [-0.2, -0.15) is 0 Å². The summed E-state index contributed by atoms with van der Waals surface area (Å²) < 4.78 is 0.